The third-order valence-electron chi connectivity index (χ3n) is 1.71. The molecule has 0 heterocycles. The number of methoxy groups -OCH3 is 1. The molecule has 1 N–H and O–H groups in total. The third kappa shape index (κ3) is 7.33. The van der Waals surface area contributed by atoms with E-state index in [-0.39, 0.29) is 18.1 Å². The first-order chi connectivity index (χ1) is 6.76. The summed E-state index contributed by atoms with van der Waals surface area (Å²) in [5, 5.41) is 3.10. The molecular formula is C11H23NO3. The Balaban J connectivity index is 3.99. The molecule has 90 valence electrons. The van der Waals surface area contributed by atoms with Crippen LogP contribution in [0, 0.1) is 0 Å². The molecule has 0 saturated heterocycles. The second-order valence-electron chi connectivity index (χ2n) is 4.78. The predicted octanol–water partition coefficient (Wildman–Crippen LogP) is 1.34. The number of nitrogens with one attached hydrogen (secondary N) is 1. The molecule has 0 aliphatic rings. The van der Waals surface area contributed by atoms with Gasteiger partial charge in [0.2, 0.25) is 0 Å². The van der Waals surface area contributed by atoms with Gasteiger partial charge < -0.3 is 9.47 Å². The lowest BCUT2D eigenvalue weighted by Crippen LogP contribution is -2.44. The standard InChI is InChI=1S/C11H23NO3/c1-8(7-14-6)12-9(2)10(13)15-11(3,4)5/h8-9,12H,7H2,1-6H3. The van der Waals surface area contributed by atoms with Crippen molar-refractivity contribution in [1.29, 1.82) is 0 Å². The summed E-state index contributed by atoms with van der Waals surface area (Å²) in [5.74, 6) is -0.231. The van der Waals surface area contributed by atoms with Crippen LogP contribution >= 0.6 is 0 Å². The topological polar surface area (TPSA) is 47.6 Å². The van der Waals surface area contributed by atoms with Crippen molar-refractivity contribution in [3.8, 4) is 0 Å². The van der Waals surface area contributed by atoms with Crippen LogP contribution in [0.4, 0.5) is 0 Å². The number of carbonyl (C=O) groups is 1. The van der Waals surface area contributed by atoms with E-state index in [4.69, 9.17) is 9.47 Å². The van der Waals surface area contributed by atoms with Crippen molar-refractivity contribution >= 4 is 5.97 Å². The molecule has 0 fully saturated rings. The van der Waals surface area contributed by atoms with Crippen LogP contribution < -0.4 is 5.32 Å². The van der Waals surface area contributed by atoms with Gasteiger partial charge in [-0.1, -0.05) is 0 Å². The lowest BCUT2D eigenvalue weighted by atomic mass is 10.2. The van der Waals surface area contributed by atoms with Crippen molar-refractivity contribution < 1.29 is 14.3 Å². The first-order valence-corrected chi connectivity index (χ1v) is 5.24. The summed E-state index contributed by atoms with van der Waals surface area (Å²) in [5.41, 5.74) is -0.433. The molecule has 0 spiro atoms. The zero-order valence-corrected chi connectivity index (χ0v) is 10.6. The molecule has 4 nitrogen and oxygen atoms in total. The van der Waals surface area contributed by atoms with Gasteiger partial charge in [0.15, 0.2) is 0 Å². The maximum Gasteiger partial charge on any atom is 0.323 e. The molecular weight excluding hydrogens is 194 g/mol. The van der Waals surface area contributed by atoms with Crippen molar-refractivity contribution in [2.24, 2.45) is 0 Å². The van der Waals surface area contributed by atoms with E-state index in [1.807, 2.05) is 27.7 Å². The average molecular weight is 217 g/mol. The van der Waals surface area contributed by atoms with Crippen molar-refractivity contribution in [3.63, 3.8) is 0 Å². The molecule has 4 heteroatoms. The first kappa shape index (κ1) is 14.4. The summed E-state index contributed by atoms with van der Waals surface area (Å²) in [6.45, 7) is 9.90. The van der Waals surface area contributed by atoms with E-state index in [0.29, 0.717) is 6.61 Å². The molecule has 0 amide bonds. The van der Waals surface area contributed by atoms with E-state index in [1.54, 1.807) is 14.0 Å². The summed E-state index contributed by atoms with van der Waals surface area (Å²) in [4.78, 5) is 11.6. The van der Waals surface area contributed by atoms with E-state index in [1.165, 1.54) is 0 Å². The summed E-state index contributed by atoms with van der Waals surface area (Å²) < 4.78 is 10.2. The fourth-order valence-corrected chi connectivity index (χ4v) is 1.18. The third-order valence-corrected chi connectivity index (χ3v) is 1.71. The van der Waals surface area contributed by atoms with Gasteiger partial charge in [0.05, 0.1) is 6.61 Å². The number of esters is 1. The van der Waals surface area contributed by atoms with Gasteiger partial charge >= 0.3 is 5.97 Å². The minimum Gasteiger partial charge on any atom is -0.459 e. The second-order valence-corrected chi connectivity index (χ2v) is 4.78. The summed E-state index contributed by atoms with van der Waals surface area (Å²) in [6.07, 6.45) is 0. The number of hydrogen-bond acceptors (Lipinski definition) is 4. The molecule has 2 unspecified atom stereocenters. The monoisotopic (exact) mass is 217 g/mol. The Kier molecular flexibility index (Phi) is 5.83. The Bertz CT molecular complexity index is 198. The van der Waals surface area contributed by atoms with Crippen molar-refractivity contribution in [2.75, 3.05) is 13.7 Å². The fourth-order valence-electron chi connectivity index (χ4n) is 1.18. The highest BCUT2D eigenvalue weighted by Crippen LogP contribution is 2.08. The minimum atomic E-state index is -0.433. The zero-order chi connectivity index (χ0) is 12.1. The number of rotatable bonds is 5. The maximum absolute atomic E-state index is 11.6. The molecule has 0 aromatic carbocycles. The van der Waals surface area contributed by atoms with E-state index in [9.17, 15) is 4.79 Å². The van der Waals surface area contributed by atoms with Crippen LogP contribution in [-0.2, 0) is 14.3 Å². The Labute approximate surface area is 92.3 Å². The van der Waals surface area contributed by atoms with Crippen LogP contribution in [0.1, 0.15) is 34.6 Å². The SMILES string of the molecule is COCC(C)NC(C)C(=O)OC(C)(C)C. The number of hydrogen-bond donors (Lipinski definition) is 1. The highest BCUT2D eigenvalue weighted by atomic mass is 16.6. The Morgan fingerprint density at radius 3 is 2.27 bits per heavy atom. The van der Waals surface area contributed by atoms with Gasteiger partial charge in [0.1, 0.15) is 11.6 Å². The second kappa shape index (κ2) is 6.08. The average Bonchev–Trinajstić information content (AvgIpc) is 2.00. The fraction of sp³-hybridized carbons (Fsp3) is 0.909. The number of carbonyl (C=O) groups excluding carboxylic acids is 1. The zero-order valence-electron chi connectivity index (χ0n) is 10.6. The van der Waals surface area contributed by atoms with Gasteiger partial charge in [-0.25, -0.2) is 0 Å². The van der Waals surface area contributed by atoms with Crippen LogP contribution in [0.2, 0.25) is 0 Å². The van der Waals surface area contributed by atoms with Crippen LogP contribution in [0.5, 0.6) is 0 Å². The molecule has 0 radical (unpaired) electrons. The Morgan fingerprint density at radius 2 is 1.87 bits per heavy atom. The van der Waals surface area contributed by atoms with Crippen LogP contribution in [0.25, 0.3) is 0 Å². The lowest BCUT2D eigenvalue weighted by Gasteiger charge is -2.24. The smallest absolute Gasteiger partial charge is 0.323 e. The Hall–Kier alpha value is -0.610. The molecule has 0 rings (SSSR count). The summed E-state index contributed by atoms with van der Waals surface area (Å²) in [6, 6.07) is -0.174. The number of ether oxygens (including phenoxy) is 2. The van der Waals surface area contributed by atoms with Gasteiger partial charge in [-0.3, -0.25) is 10.1 Å². The van der Waals surface area contributed by atoms with Crippen molar-refractivity contribution in [3.05, 3.63) is 0 Å². The molecule has 0 aromatic heterocycles. The normalized spacial score (nSPS) is 15.9. The molecule has 15 heavy (non-hydrogen) atoms. The molecule has 0 aliphatic carbocycles. The first-order valence-electron chi connectivity index (χ1n) is 5.24. The van der Waals surface area contributed by atoms with Gasteiger partial charge in [0, 0.05) is 13.2 Å². The highest BCUT2D eigenvalue weighted by molar-refractivity contribution is 5.75. The van der Waals surface area contributed by atoms with E-state index in [0.717, 1.165) is 0 Å². The molecule has 0 bridgehead atoms. The quantitative estimate of drug-likeness (QED) is 0.706. The minimum absolute atomic E-state index is 0.137. The summed E-state index contributed by atoms with van der Waals surface area (Å²) in [7, 11) is 1.64. The van der Waals surface area contributed by atoms with Gasteiger partial charge in [-0.2, -0.15) is 0 Å². The predicted molar refractivity (Wildman–Crippen MR) is 59.8 cm³/mol. The molecule has 2 atom stereocenters. The van der Waals surface area contributed by atoms with E-state index >= 15 is 0 Å². The van der Waals surface area contributed by atoms with Gasteiger partial charge in [-0.05, 0) is 34.6 Å². The van der Waals surface area contributed by atoms with Gasteiger partial charge in [-0.15, -0.1) is 0 Å². The maximum atomic E-state index is 11.6. The van der Waals surface area contributed by atoms with Crippen LogP contribution in [-0.4, -0.2) is 37.4 Å². The molecule has 0 aromatic rings. The highest BCUT2D eigenvalue weighted by Gasteiger charge is 2.22. The van der Waals surface area contributed by atoms with E-state index in [2.05, 4.69) is 5.32 Å². The van der Waals surface area contributed by atoms with E-state index < -0.39 is 5.60 Å². The molecule has 0 saturated carbocycles. The van der Waals surface area contributed by atoms with Crippen LogP contribution in [0.3, 0.4) is 0 Å². The van der Waals surface area contributed by atoms with Crippen LogP contribution in [0.15, 0.2) is 0 Å². The Morgan fingerprint density at radius 1 is 1.33 bits per heavy atom. The van der Waals surface area contributed by atoms with Gasteiger partial charge in [0.25, 0.3) is 0 Å². The lowest BCUT2D eigenvalue weighted by molar-refractivity contribution is -0.157. The largest absolute Gasteiger partial charge is 0.459 e. The van der Waals surface area contributed by atoms with Crippen molar-refractivity contribution in [1.82, 2.24) is 5.32 Å². The molecule has 0 aliphatic heterocycles. The van der Waals surface area contributed by atoms with Crippen molar-refractivity contribution in [2.45, 2.75) is 52.3 Å². The summed E-state index contributed by atoms with van der Waals surface area (Å²) >= 11 is 0.